The molecular formula is C33H35F2N3O7. The van der Waals surface area contributed by atoms with Crippen LogP contribution < -0.4 is 5.73 Å². The zero-order valence-electron chi connectivity index (χ0n) is 24.9. The molecule has 2 fully saturated rings. The van der Waals surface area contributed by atoms with Crippen molar-refractivity contribution in [1.82, 2.24) is 9.80 Å². The number of hydrogen-bond donors (Lipinski definition) is 5. The number of carbonyl (C=O) groups excluding carboxylic acids is 3. The lowest BCUT2D eigenvalue weighted by Gasteiger charge is -2.50. The molecule has 238 valence electrons. The van der Waals surface area contributed by atoms with E-state index in [1.165, 1.54) is 11.0 Å². The number of rotatable bonds is 5. The lowest BCUT2D eigenvalue weighted by molar-refractivity contribution is -0.153. The van der Waals surface area contributed by atoms with Gasteiger partial charge in [-0.05, 0) is 61.2 Å². The standard InChI is InChI=1S/C33H35F2N3O7/c1-37(2)26-21-14-18-13-20-19(17-5-3-16(4-6-17)15-38-11-9-32(34,35)10-12-38)7-8-22(39)24(20)27(40)23(18)29(42)33(21,45)30(43)25(28(26)41)31(36)44/h3-8,18,21,26,39-40,43,45H,9-15H2,1-2H3,(H2,36,44)/t18-,21-,26-,33-/m0/s1. The van der Waals surface area contributed by atoms with E-state index < -0.39 is 64.0 Å². The highest BCUT2D eigenvalue weighted by atomic mass is 19.3. The third-order valence-corrected chi connectivity index (χ3v) is 9.86. The molecule has 1 saturated carbocycles. The summed E-state index contributed by atoms with van der Waals surface area (Å²) in [4.78, 5) is 42.9. The van der Waals surface area contributed by atoms with E-state index >= 15 is 0 Å². The number of halogens is 2. The van der Waals surface area contributed by atoms with Gasteiger partial charge in [0, 0.05) is 44.0 Å². The Morgan fingerprint density at radius 1 is 1.04 bits per heavy atom. The average molecular weight is 624 g/mol. The SMILES string of the molecule is CN(C)[C@@H]1C(=O)C(C(N)=O)=C(O)[C@@]2(O)C(=O)C3=C(O)c4c(O)ccc(-c5ccc(CN6CCC(F)(F)CC6)cc5)c4C[C@H]3C[C@@H]12. The minimum Gasteiger partial charge on any atom is -0.508 e. The molecular weight excluding hydrogens is 588 g/mol. The second kappa shape index (κ2) is 10.7. The molecule has 0 unspecified atom stereocenters. The molecule has 4 atom stereocenters. The first-order chi connectivity index (χ1) is 21.2. The number of phenols is 1. The minimum atomic E-state index is -2.70. The molecule has 1 saturated heterocycles. The Morgan fingerprint density at radius 2 is 1.69 bits per heavy atom. The number of amides is 1. The van der Waals surface area contributed by atoms with Crippen LogP contribution in [0.3, 0.4) is 0 Å². The quantitative estimate of drug-likeness (QED) is 0.315. The highest BCUT2D eigenvalue weighted by molar-refractivity contribution is 6.24. The maximum absolute atomic E-state index is 14.0. The number of hydrogen-bond acceptors (Lipinski definition) is 9. The number of benzene rings is 2. The van der Waals surface area contributed by atoms with Crippen molar-refractivity contribution in [3.63, 3.8) is 0 Å². The van der Waals surface area contributed by atoms with E-state index in [4.69, 9.17) is 5.73 Å². The van der Waals surface area contributed by atoms with Crippen molar-refractivity contribution in [1.29, 1.82) is 0 Å². The molecule has 2 aromatic rings. The number of aromatic hydroxyl groups is 1. The van der Waals surface area contributed by atoms with Crippen LogP contribution in [0.2, 0.25) is 0 Å². The van der Waals surface area contributed by atoms with Gasteiger partial charge in [0.1, 0.15) is 22.8 Å². The second-order valence-corrected chi connectivity index (χ2v) is 12.8. The maximum Gasteiger partial charge on any atom is 0.255 e. The summed E-state index contributed by atoms with van der Waals surface area (Å²) in [5.41, 5.74) is 4.58. The van der Waals surface area contributed by atoms with Crippen LogP contribution in [-0.4, -0.2) is 92.4 Å². The molecule has 1 heterocycles. The summed E-state index contributed by atoms with van der Waals surface area (Å²) in [6, 6.07) is 9.48. The van der Waals surface area contributed by atoms with Crippen LogP contribution in [0.1, 0.15) is 36.0 Å². The van der Waals surface area contributed by atoms with Crippen molar-refractivity contribution in [3.05, 3.63) is 70.0 Å². The van der Waals surface area contributed by atoms with Gasteiger partial charge in [0.25, 0.3) is 11.8 Å². The monoisotopic (exact) mass is 623 g/mol. The van der Waals surface area contributed by atoms with Crippen LogP contribution in [0.5, 0.6) is 5.75 Å². The molecule has 0 bridgehead atoms. The molecule has 10 nitrogen and oxygen atoms in total. The Hall–Kier alpha value is -4.13. The smallest absolute Gasteiger partial charge is 0.255 e. The first kappa shape index (κ1) is 30.9. The summed E-state index contributed by atoms with van der Waals surface area (Å²) in [5.74, 6) is -9.60. The lowest BCUT2D eigenvalue weighted by Crippen LogP contribution is -2.65. The number of primary amides is 1. The second-order valence-electron chi connectivity index (χ2n) is 12.8. The third kappa shape index (κ3) is 4.82. The zero-order valence-corrected chi connectivity index (χ0v) is 24.9. The molecule has 12 heteroatoms. The Bertz CT molecular complexity index is 1670. The van der Waals surface area contributed by atoms with E-state index in [9.17, 15) is 43.6 Å². The van der Waals surface area contributed by atoms with Crippen LogP contribution >= 0.6 is 0 Å². The van der Waals surface area contributed by atoms with Crippen LogP contribution in [-0.2, 0) is 27.3 Å². The molecule has 6 rings (SSSR count). The predicted octanol–water partition coefficient (Wildman–Crippen LogP) is 2.86. The Labute approximate surface area is 258 Å². The molecule has 45 heavy (non-hydrogen) atoms. The summed E-state index contributed by atoms with van der Waals surface area (Å²) in [6.45, 7) is 1.14. The number of likely N-dealkylation sites (N-methyl/N-ethyl adjacent to an activating group) is 1. The van der Waals surface area contributed by atoms with Crippen molar-refractivity contribution in [2.45, 2.75) is 49.8 Å². The summed E-state index contributed by atoms with van der Waals surface area (Å²) >= 11 is 0. The van der Waals surface area contributed by atoms with Crippen molar-refractivity contribution in [3.8, 4) is 16.9 Å². The number of piperidine rings is 1. The molecule has 3 aliphatic carbocycles. The fourth-order valence-electron chi connectivity index (χ4n) is 7.60. The summed E-state index contributed by atoms with van der Waals surface area (Å²) < 4.78 is 27.1. The maximum atomic E-state index is 14.0. The predicted molar refractivity (Wildman–Crippen MR) is 159 cm³/mol. The van der Waals surface area contributed by atoms with Crippen molar-refractivity contribution in [2.24, 2.45) is 17.6 Å². The number of nitrogens with zero attached hydrogens (tertiary/aromatic N) is 2. The first-order valence-corrected chi connectivity index (χ1v) is 14.8. The topological polar surface area (TPSA) is 165 Å². The van der Waals surface area contributed by atoms with Gasteiger partial charge in [0.2, 0.25) is 5.78 Å². The molecule has 4 aliphatic rings. The molecule has 1 amide bonds. The fraction of sp³-hybridized carbons (Fsp3) is 0.424. The molecule has 1 aliphatic heterocycles. The number of ketones is 2. The number of aliphatic hydroxyl groups is 3. The van der Waals surface area contributed by atoms with Crippen molar-refractivity contribution >= 4 is 23.2 Å². The van der Waals surface area contributed by atoms with Crippen LogP contribution in [0.15, 0.2) is 53.3 Å². The Morgan fingerprint density at radius 3 is 2.29 bits per heavy atom. The molecule has 0 aromatic heterocycles. The number of nitrogens with two attached hydrogens (primary N) is 1. The van der Waals surface area contributed by atoms with Gasteiger partial charge in [-0.1, -0.05) is 30.3 Å². The normalized spacial score (nSPS) is 28.2. The van der Waals surface area contributed by atoms with E-state index in [2.05, 4.69) is 0 Å². The molecule has 6 N–H and O–H groups in total. The summed E-state index contributed by atoms with van der Waals surface area (Å²) in [7, 11) is 3.10. The molecule has 0 spiro atoms. The van der Waals surface area contributed by atoms with E-state index in [1.807, 2.05) is 29.2 Å². The van der Waals surface area contributed by atoms with Crippen LogP contribution in [0.4, 0.5) is 8.78 Å². The van der Waals surface area contributed by atoms with Crippen molar-refractivity contribution < 1.29 is 43.6 Å². The number of phenolic OH excluding ortho intramolecular Hbond substituents is 1. The molecule has 2 aromatic carbocycles. The van der Waals surface area contributed by atoms with Gasteiger partial charge in [0.05, 0.1) is 11.6 Å². The zero-order chi connectivity index (χ0) is 32.6. The number of fused-ring (bicyclic) bond motifs is 3. The fourth-order valence-corrected chi connectivity index (χ4v) is 7.60. The third-order valence-electron chi connectivity index (χ3n) is 9.86. The number of carbonyl (C=O) groups is 3. The Balaban J connectivity index is 1.38. The van der Waals surface area contributed by atoms with Gasteiger partial charge in [-0.15, -0.1) is 0 Å². The highest BCUT2D eigenvalue weighted by Gasteiger charge is 2.64. The number of aliphatic hydroxyl groups excluding tert-OH is 2. The number of alkyl halides is 2. The van der Waals surface area contributed by atoms with Gasteiger partial charge in [-0.2, -0.15) is 0 Å². The van der Waals surface area contributed by atoms with Gasteiger partial charge in [-0.3, -0.25) is 24.2 Å². The van der Waals surface area contributed by atoms with Gasteiger partial charge in [0.15, 0.2) is 11.4 Å². The van der Waals surface area contributed by atoms with Crippen molar-refractivity contribution in [2.75, 3.05) is 27.2 Å². The van der Waals surface area contributed by atoms with Gasteiger partial charge >= 0.3 is 0 Å². The van der Waals surface area contributed by atoms with Gasteiger partial charge < -0.3 is 26.2 Å². The van der Waals surface area contributed by atoms with Crippen LogP contribution in [0, 0.1) is 11.8 Å². The van der Waals surface area contributed by atoms with Crippen LogP contribution in [0.25, 0.3) is 16.9 Å². The first-order valence-electron chi connectivity index (χ1n) is 14.8. The lowest BCUT2D eigenvalue weighted by atomic mass is 9.57. The Kier molecular flexibility index (Phi) is 7.37. The highest BCUT2D eigenvalue weighted by Crippen LogP contribution is 2.53. The van der Waals surface area contributed by atoms with E-state index in [0.717, 1.165) is 11.1 Å². The average Bonchev–Trinajstić information content (AvgIpc) is 2.96. The van der Waals surface area contributed by atoms with E-state index in [1.54, 1.807) is 20.2 Å². The number of likely N-dealkylation sites (tertiary alicyclic amines) is 1. The largest absolute Gasteiger partial charge is 0.508 e. The van der Waals surface area contributed by atoms with E-state index in [-0.39, 0.29) is 42.6 Å². The van der Waals surface area contributed by atoms with Gasteiger partial charge in [-0.25, -0.2) is 8.78 Å². The summed E-state index contributed by atoms with van der Waals surface area (Å²) in [5, 5.41) is 45.1. The summed E-state index contributed by atoms with van der Waals surface area (Å²) in [6.07, 6.45) is -0.175. The number of Topliss-reactive ketones (excluding diaryl/α,β-unsaturated/α-hetero) is 2. The van der Waals surface area contributed by atoms with E-state index in [0.29, 0.717) is 30.8 Å². The minimum absolute atomic E-state index is 0.00528. The molecule has 0 radical (unpaired) electrons.